The first-order valence-corrected chi connectivity index (χ1v) is 23.2. The second-order valence-corrected chi connectivity index (χ2v) is 29.1. The SMILES string of the molecule is CC(C)c1cccc(C(C)C)c1[N-]/C(=N\[PH+](C(C)(C)C)C(C)(C)C)c1cc(F)cc(F)c1.C[Si](C)(C)[N-][Si](C)(C)C.[Co+2]. The molecule has 0 amide bonds. The third kappa shape index (κ3) is 14.3. The number of rotatable bonds is 7. The number of hydrogen-bond acceptors (Lipinski definition) is 1. The van der Waals surface area contributed by atoms with Gasteiger partial charge in [0.25, 0.3) is 0 Å². The molecule has 0 aliphatic carbocycles. The Hall–Kier alpha value is -0.900. The van der Waals surface area contributed by atoms with E-state index in [1.165, 1.54) is 12.1 Å². The van der Waals surface area contributed by atoms with Crippen molar-refractivity contribution in [2.75, 3.05) is 0 Å². The molecule has 0 N–H and O–H groups in total. The minimum Gasteiger partial charge on any atom is -0.668 e. The Morgan fingerprint density at radius 1 is 0.738 bits per heavy atom. The van der Waals surface area contributed by atoms with Crippen molar-refractivity contribution in [1.82, 2.24) is 0 Å². The maximum Gasteiger partial charge on any atom is 2.00 e. The number of benzene rings is 2. The zero-order chi connectivity index (χ0) is 32.1. The van der Waals surface area contributed by atoms with E-state index in [1.807, 2.05) is 0 Å². The Balaban J connectivity index is 0.00000145. The number of halogens is 2. The molecular formula is C33H57CoF2N3PSi2+. The van der Waals surface area contributed by atoms with Gasteiger partial charge in [0, 0.05) is 14.1 Å². The van der Waals surface area contributed by atoms with Gasteiger partial charge in [-0.1, -0.05) is 102 Å². The van der Waals surface area contributed by atoms with Crippen LogP contribution in [0.4, 0.5) is 14.5 Å². The van der Waals surface area contributed by atoms with E-state index in [9.17, 15) is 8.78 Å². The van der Waals surface area contributed by atoms with Crippen LogP contribution in [-0.2, 0) is 16.8 Å². The maximum atomic E-state index is 14.2. The molecule has 2 aromatic carbocycles. The Morgan fingerprint density at radius 2 is 1.12 bits per heavy atom. The van der Waals surface area contributed by atoms with Gasteiger partial charge < -0.3 is 14.7 Å². The summed E-state index contributed by atoms with van der Waals surface area (Å²) in [4.78, 5) is 0. The molecule has 0 spiro atoms. The van der Waals surface area contributed by atoms with Crippen LogP contribution in [-0.4, -0.2) is 32.6 Å². The molecular weight excluding hydrogens is 622 g/mol. The van der Waals surface area contributed by atoms with E-state index in [4.69, 9.17) is 14.7 Å². The number of para-hydroxylation sites is 1. The minimum atomic E-state index is -1.38. The van der Waals surface area contributed by atoms with Gasteiger partial charge in [-0.25, -0.2) is 8.78 Å². The van der Waals surface area contributed by atoms with Gasteiger partial charge in [-0.15, -0.1) is 0 Å². The molecule has 0 unspecified atom stereocenters. The molecule has 42 heavy (non-hydrogen) atoms. The van der Waals surface area contributed by atoms with Crippen molar-refractivity contribution in [3.8, 4) is 0 Å². The Labute approximate surface area is 270 Å². The predicted octanol–water partition coefficient (Wildman–Crippen LogP) is 12.4. The second-order valence-electron chi connectivity index (χ2n) is 15.6. The fourth-order valence-electron chi connectivity index (χ4n) is 5.16. The van der Waals surface area contributed by atoms with E-state index in [2.05, 4.69) is 127 Å². The van der Waals surface area contributed by atoms with Gasteiger partial charge in [0.2, 0.25) is 0 Å². The van der Waals surface area contributed by atoms with Crippen molar-refractivity contribution in [2.24, 2.45) is 4.76 Å². The Morgan fingerprint density at radius 3 is 1.40 bits per heavy atom. The van der Waals surface area contributed by atoms with Gasteiger partial charge in [-0.2, -0.15) is 0 Å². The van der Waals surface area contributed by atoms with E-state index in [0.29, 0.717) is 11.4 Å². The van der Waals surface area contributed by atoms with Crippen molar-refractivity contribution in [3.05, 3.63) is 74.7 Å². The summed E-state index contributed by atoms with van der Waals surface area (Å²) in [5.74, 6) is -0.313. The van der Waals surface area contributed by atoms with Gasteiger partial charge in [-0.3, -0.25) is 0 Å². The summed E-state index contributed by atoms with van der Waals surface area (Å²) in [7, 11) is -3.59. The van der Waals surface area contributed by atoms with Crippen LogP contribution in [0, 0.1) is 11.6 Å². The predicted molar refractivity (Wildman–Crippen MR) is 188 cm³/mol. The van der Waals surface area contributed by atoms with Crippen LogP contribution in [0.5, 0.6) is 0 Å². The summed E-state index contributed by atoms with van der Waals surface area (Å²) >= 11 is 0. The van der Waals surface area contributed by atoms with Crippen LogP contribution in [0.2, 0.25) is 39.3 Å². The number of amidine groups is 1. The molecule has 0 aliphatic heterocycles. The van der Waals surface area contributed by atoms with Crippen molar-refractivity contribution in [3.63, 3.8) is 0 Å². The van der Waals surface area contributed by atoms with Gasteiger partial charge >= 0.3 is 16.8 Å². The maximum absolute atomic E-state index is 14.2. The molecule has 2 rings (SSSR count). The standard InChI is InChI=1S/C27H38F2N2P.C6H18NSi2.Co/c1-17(2)22-12-11-13-23(18(3)4)24(22)30-25(19-14-20(28)16-21(29)15-19)31-32(26(5,6)7)27(8,9)10;1-8(2,3)7-9(4,5)6;/h11-18H,1-10H3;1-6H3;/q2*-1;+2/p+1. The summed E-state index contributed by atoms with van der Waals surface area (Å²) in [6, 6.07) is 9.79. The van der Waals surface area contributed by atoms with Crippen molar-refractivity contribution >= 4 is 36.1 Å². The second kappa shape index (κ2) is 15.9. The molecule has 0 bridgehead atoms. The minimum absolute atomic E-state index is 0. The van der Waals surface area contributed by atoms with E-state index >= 15 is 0 Å². The molecule has 0 fully saturated rings. The smallest absolute Gasteiger partial charge is 0.668 e. The zero-order valence-electron chi connectivity index (χ0n) is 29.0. The normalized spacial score (nSPS) is 13.2. The third-order valence-corrected chi connectivity index (χ3v) is 14.6. The van der Waals surface area contributed by atoms with Crippen molar-refractivity contribution < 1.29 is 25.6 Å². The first-order chi connectivity index (χ1) is 18.3. The third-order valence-electron chi connectivity index (χ3n) is 5.99. The summed E-state index contributed by atoms with van der Waals surface area (Å²) in [6.45, 7) is 35.4. The topological polar surface area (TPSA) is 40.6 Å². The Kier molecular flexibility index (Phi) is 15.6. The van der Waals surface area contributed by atoms with Crippen LogP contribution in [0.1, 0.15) is 97.8 Å². The fraction of sp³-hybridized carbons (Fsp3) is 0.606. The molecule has 2 aromatic rings. The van der Waals surface area contributed by atoms with Gasteiger partial charge in [0.15, 0.2) is 0 Å². The van der Waals surface area contributed by atoms with Gasteiger partial charge in [-0.05, 0) is 93.7 Å². The molecule has 0 aromatic heterocycles. The summed E-state index contributed by atoms with van der Waals surface area (Å²) in [5.41, 5.74) is 3.47. The number of nitrogens with zero attached hydrogens (tertiary/aromatic N) is 3. The molecule has 3 nitrogen and oxygen atoms in total. The van der Waals surface area contributed by atoms with Gasteiger partial charge in [0.1, 0.15) is 11.6 Å². The molecule has 0 aliphatic rings. The molecule has 239 valence electrons. The van der Waals surface area contributed by atoms with Gasteiger partial charge in [0.05, 0.1) is 10.3 Å². The zero-order valence-corrected chi connectivity index (χ0v) is 33.1. The average molecular weight is 680 g/mol. The molecule has 1 radical (unpaired) electrons. The monoisotopic (exact) mass is 679 g/mol. The van der Waals surface area contributed by atoms with Crippen LogP contribution in [0.25, 0.3) is 9.96 Å². The molecule has 0 heterocycles. The first kappa shape index (κ1) is 41.1. The van der Waals surface area contributed by atoms with Crippen molar-refractivity contribution in [2.45, 2.75) is 131 Å². The summed E-state index contributed by atoms with van der Waals surface area (Å²) in [6.07, 6.45) is 0. The van der Waals surface area contributed by atoms with E-state index in [0.717, 1.165) is 22.9 Å². The largest absolute Gasteiger partial charge is 2.00 e. The Bertz CT molecular complexity index is 1100. The van der Waals surface area contributed by atoms with Crippen LogP contribution >= 0.6 is 8.07 Å². The molecule has 0 saturated carbocycles. The van der Waals surface area contributed by atoms with E-state index in [-0.39, 0.29) is 38.9 Å². The van der Waals surface area contributed by atoms with E-state index < -0.39 is 36.2 Å². The van der Waals surface area contributed by atoms with Crippen molar-refractivity contribution in [1.29, 1.82) is 0 Å². The quantitative estimate of drug-likeness (QED) is 0.121. The van der Waals surface area contributed by atoms with Crippen LogP contribution < -0.4 is 0 Å². The van der Waals surface area contributed by atoms with Crippen LogP contribution in [0.3, 0.4) is 0 Å². The first-order valence-electron chi connectivity index (χ1n) is 14.8. The summed E-state index contributed by atoms with van der Waals surface area (Å²) in [5, 5.41) is 4.94. The van der Waals surface area contributed by atoms with Crippen LogP contribution in [0.15, 0.2) is 41.2 Å². The average Bonchev–Trinajstić information content (AvgIpc) is 2.71. The summed E-state index contributed by atoms with van der Waals surface area (Å²) < 4.78 is 38.4. The molecule has 0 saturated heterocycles. The molecule has 0 atom stereocenters. The fourth-order valence-corrected chi connectivity index (χ4v) is 16.5. The number of hydrogen-bond donors (Lipinski definition) is 0. The molecule has 9 heteroatoms. The van der Waals surface area contributed by atoms with E-state index in [1.54, 1.807) is 0 Å².